The van der Waals surface area contributed by atoms with Crippen molar-refractivity contribution in [2.75, 3.05) is 11.9 Å². The number of rotatable bonds is 3. The van der Waals surface area contributed by atoms with Crippen LogP contribution in [0.4, 0.5) is 5.69 Å². The van der Waals surface area contributed by atoms with Crippen molar-refractivity contribution in [3.05, 3.63) is 36.4 Å². The number of hydrogen-bond donors (Lipinski definition) is 1. The molecule has 84 valence electrons. The molecule has 0 atom stereocenters. The summed E-state index contributed by atoms with van der Waals surface area (Å²) in [5, 5.41) is 2.86. The average molecular weight is 217 g/mol. The van der Waals surface area contributed by atoms with Crippen LogP contribution in [0, 0.1) is 0 Å². The van der Waals surface area contributed by atoms with Gasteiger partial charge in [0.15, 0.2) is 0 Å². The van der Waals surface area contributed by atoms with Gasteiger partial charge in [0.2, 0.25) is 5.91 Å². The summed E-state index contributed by atoms with van der Waals surface area (Å²) in [6, 6.07) is 5.64. The molecule has 1 aromatic rings. The lowest BCUT2D eigenvalue weighted by Crippen LogP contribution is -2.27. The molecule has 1 aliphatic heterocycles. The maximum Gasteiger partial charge on any atom is 0.234 e. The molecule has 3 nitrogen and oxygen atoms in total. The molecule has 1 aromatic carbocycles. The Morgan fingerprint density at radius 2 is 2.25 bits per heavy atom. The van der Waals surface area contributed by atoms with E-state index in [9.17, 15) is 4.79 Å². The third kappa shape index (κ3) is 1.48. The van der Waals surface area contributed by atoms with Gasteiger partial charge in [-0.3, -0.25) is 4.79 Å². The van der Waals surface area contributed by atoms with E-state index >= 15 is 0 Å². The lowest BCUT2D eigenvalue weighted by Gasteiger charge is -2.18. The summed E-state index contributed by atoms with van der Waals surface area (Å²) < 4.78 is 5.57. The molecule has 0 bridgehead atoms. The lowest BCUT2D eigenvalue weighted by atomic mass is 9.85. The van der Waals surface area contributed by atoms with E-state index in [4.69, 9.17) is 4.74 Å². The first-order valence-electron chi connectivity index (χ1n) is 5.26. The van der Waals surface area contributed by atoms with E-state index in [0.29, 0.717) is 6.61 Å². The second kappa shape index (κ2) is 3.67. The van der Waals surface area contributed by atoms with Crippen molar-refractivity contribution in [1.82, 2.24) is 0 Å². The fourth-order valence-electron chi connectivity index (χ4n) is 1.94. The smallest absolute Gasteiger partial charge is 0.234 e. The molecule has 0 unspecified atom stereocenters. The van der Waals surface area contributed by atoms with Crippen LogP contribution in [0.25, 0.3) is 0 Å². The summed E-state index contributed by atoms with van der Waals surface area (Å²) in [7, 11) is 0. The molecule has 0 saturated heterocycles. The fraction of sp³-hybridized carbons (Fsp3) is 0.308. The first kappa shape index (κ1) is 10.7. The highest BCUT2D eigenvalue weighted by Gasteiger charge is 2.40. The SMILES string of the molecule is C=CCOc1cccc2c1C(C)(C)C(=O)N2. The van der Waals surface area contributed by atoms with Crippen LogP contribution >= 0.6 is 0 Å². The number of nitrogens with one attached hydrogen (secondary N) is 1. The lowest BCUT2D eigenvalue weighted by molar-refractivity contribution is -0.119. The van der Waals surface area contributed by atoms with Crippen molar-refractivity contribution >= 4 is 11.6 Å². The Labute approximate surface area is 95.1 Å². The normalized spacial score (nSPS) is 16.5. The van der Waals surface area contributed by atoms with E-state index in [2.05, 4.69) is 11.9 Å². The molecule has 0 aromatic heterocycles. The summed E-state index contributed by atoms with van der Waals surface area (Å²) in [5.41, 5.74) is 1.24. The number of fused-ring (bicyclic) bond motifs is 1. The summed E-state index contributed by atoms with van der Waals surface area (Å²) in [4.78, 5) is 11.8. The van der Waals surface area contributed by atoms with E-state index in [1.165, 1.54) is 0 Å². The topological polar surface area (TPSA) is 38.3 Å². The van der Waals surface area contributed by atoms with Gasteiger partial charge in [0.25, 0.3) is 0 Å². The Morgan fingerprint density at radius 1 is 1.50 bits per heavy atom. The Morgan fingerprint density at radius 3 is 2.94 bits per heavy atom. The van der Waals surface area contributed by atoms with E-state index in [-0.39, 0.29) is 5.91 Å². The predicted molar refractivity (Wildman–Crippen MR) is 63.8 cm³/mol. The molecule has 1 N–H and O–H groups in total. The number of hydrogen-bond acceptors (Lipinski definition) is 2. The summed E-state index contributed by atoms with van der Waals surface area (Å²) >= 11 is 0. The molecule has 16 heavy (non-hydrogen) atoms. The second-order valence-electron chi connectivity index (χ2n) is 4.36. The Kier molecular flexibility index (Phi) is 2.46. The van der Waals surface area contributed by atoms with Crippen LogP contribution in [0.2, 0.25) is 0 Å². The Balaban J connectivity index is 2.48. The van der Waals surface area contributed by atoms with Gasteiger partial charge in [-0.15, -0.1) is 0 Å². The van der Waals surface area contributed by atoms with Crippen molar-refractivity contribution in [2.24, 2.45) is 0 Å². The highest BCUT2D eigenvalue weighted by Crippen LogP contribution is 2.42. The van der Waals surface area contributed by atoms with E-state index in [0.717, 1.165) is 17.0 Å². The Hall–Kier alpha value is -1.77. The van der Waals surface area contributed by atoms with Crippen LogP contribution in [-0.2, 0) is 10.2 Å². The molecule has 0 radical (unpaired) electrons. The van der Waals surface area contributed by atoms with Gasteiger partial charge in [0.05, 0.1) is 5.41 Å². The zero-order valence-corrected chi connectivity index (χ0v) is 9.54. The number of carbonyl (C=O) groups excluding carboxylic acids is 1. The minimum Gasteiger partial charge on any atom is -0.489 e. The standard InChI is InChI=1S/C13H15NO2/c1-4-8-16-10-7-5-6-9-11(10)13(2,3)12(15)14-9/h4-7H,1,8H2,2-3H3,(H,14,15). The van der Waals surface area contributed by atoms with Gasteiger partial charge in [-0.1, -0.05) is 18.7 Å². The summed E-state index contributed by atoms with van der Waals surface area (Å²) in [6.45, 7) is 7.85. The van der Waals surface area contributed by atoms with Crippen molar-refractivity contribution < 1.29 is 9.53 Å². The number of ether oxygens (including phenoxy) is 1. The monoisotopic (exact) mass is 217 g/mol. The highest BCUT2D eigenvalue weighted by molar-refractivity contribution is 6.06. The molecule has 3 heteroatoms. The van der Waals surface area contributed by atoms with E-state index < -0.39 is 5.41 Å². The van der Waals surface area contributed by atoms with Gasteiger partial charge in [0, 0.05) is 11.3 Å². The van der Waals surface area contributed by atoms with Crippen molar-refractivity contribution in [1.29, 1.82) is 0 Å². The third-order valence-corrected chi connectivity index (χ3v) is 2.82. The van der Waals surface area contributed by atoms with E-state index in [1.807, 2.05) is 32.0 Å². The Bertz CT molecular complexity index is 449. The summed E-state index contributed by atoms with van der Waals surface area (Å²) in [5.74, 6) is 0.762. The molecular formula is C13H15NO2. The van der Waals surface area contributed by atoms with Crippen LogP contribution in [0.1, 0.15) is 19.4 Å². The van der Waals surface area contributed by atoms with Crippen LogP contribution in [0.15, 0.2) is 30.9 Å². The maximum atomic E-state index is 11.8. The zero-order valence-electron chi connectivity index (χ0n) is 9.54. The highest BCUT2D eigenvalue weighted by atomic mass is 16.5. The average Bonchev–Trinajstić information content (AvgIpc) is 2.48. The quantitative estimate of drug-likeness (QED) is 0.790. The van der Waals surface area contributed by atoms with Crippen molar-refractivity contribution in [3.63, 3.8) is 0 Å². The minimum atomic E-state index is -0.535. The van der Waals surface area contributed by atoms with Crippen molar-refractivity contribution in [3.8, 4) is 5.75 Å². The van der Waals surface area contributed by atoms with Crippen molar-refractivity contribution in [2.45, 2.75) is 19.3 Å². The predicted octanol–water partition coefficient (Wildman–Crippen LogP) is 2.48. The fourth-order valence-corrected chi connectivity index (χ4v) is 1.94. The minimum absolute atomic E-state index is 0.0113. The van der Waals surface area contributed by atoms with Crippen LogP contribution < -0.4 is 10.1 Å². The molecule has 2 rings (SSSR count). The number of benzene rings is 1. The van der Waals surface area contributed by atoms with Gasteiger partial charge in [-0.25, -0.2) is 0 Å². The number of amides is 1. The molecule has 1 heterocycles. The third-order valence-electron chi connectivity index (χ3n) is 2.82. The van der Waals surface area contributed by atoms with E-state index in [1.54, 1.807) is 6.08 Å². The van der Waals surface area contributed by atoms with Gasteiger partial charge < -0.3 is 10.1 Å². The molecule has 0 saturated carbocycles. The first-order valence-corrected chi connectivity index (χ1v) is 5.26. The molecular weight excluding hydrogens is 202 g/mol. The molecule has 0 spiro atoms. The maximum absolute atomic E-state index is 11.8. The zero-order chi connectivity index (χ0) is 11.8. The summed E-state index contributed by atoms with van der Waals surface area (Å²) in [6.07, 6.45) is 1.69. The van der Waals surface area contributed by atoms with Crippen LogP contribution in [0.5, 0.6) is 5.75 Å². The second-order valence-corrected chi connectivity index (χ2v) is 4.36. The first-order chi connectivity index (χ1) is 7.57. The molecule has 0 fully saturated rings. The van der Waals surface area contributed by atoms with Gasteiger partial charge in [0.1, 0.15) is 12.4 Å². The van der Waals surface area contributed by atoms with Gasteiger partial charge in [-0.05, 0) is 26.0 Å². The molecule has 0 aliphatic carbocycles. The van der Waals surface area contributed by atoms with Gasteiger partial charge in [-0.2, -0.15) is 0 Å². The number of carbonyl (C=O) groups is 1. The largest absolute Gasteiger partial charge is 0.489 e. The molecule has 1 aliphatic rings. The van der Waals surface area contributed by atoms with Crippen LogP contribution in [0.3, 0.4) is 0 Å². The number of anilines is 1. The van der Waals surface area contributed by atoms with Gasteiger partial charge >= 0.3 is 0 Å². The molecule has 1 amide bonds. The van der Waals surface area contributed by atoms with Crippen LogP contribution in [-0.4, -0.2) is 12.5 Å².